The van der Waals surface area contributed by atoms with E-state index in [0.29, 0.717) is 36.0 Å². The maximum atomic E-state index is 14.2. The molecule has 0 bridgehead atoms. The average Bonchev–Trinajstić information content (AvgIpc) is 3.45. The lowest BCUT2D eigenvalue weighted by Crippen LogP contribution is -2.47. The summed E-state index contributed by atoms with van der Waals surface area (Å²) in [5, 5.41) is 11.7. The topological polar surface area (TPSA) is 80.2 Å². The highest BCUT2D eigenvalue weighted by Crippen LogP contribution is 2.43. The van der Waals surface area contributed by atoms with E-state index in [1.54, 1.807) is 24.3 Å². The quantitative estimate of drug-likeness (QED) is 0.127. The molecule has 4 aromatic rings. The molecule has 5 rings (SSSR count). The van der Waals surface area contributed by atoms with Crippen LogP contribution in [0.2, 0.25) is 0 Å². The molecule has 0 aromatic heterocycles. The number of alkyl halides is 3. The van der Waals surface area contributed by atoms with Gasteiger partial charge in [-0.3, -0.25) is 4.79 Å². The zero-order valence-corrected chi connectivity index (χ0v) is 24.7. The smallest absolute Gasteiger partial charge is 0.416 e. The van der Waals surface area contributed by atoms with Crippen LogP contribution in [0, 0.1) is 5.82 Å². The van der Waals surface area contributed by atoms with Crippen molar-refractivity contribution in [2.75, 3.05) is 13.2 Å². The molecule has 0 radical (unpaired) electrons. The molecule has 0 unspecified atom stereocenters. The van der Waals surface area contributed by atoms with Gasteiger partial charge in [0.15, 0.2) is 11.6 Å². The Kier molecular flexibility index (Phi) is 10.2. The van der Waals surface area contributed by atoms with Crippen LogP contribution in [0.15, 0.2) is 114 Å². The second-order valence-corrected chi connectivity index (χ2v) is 10.7. The van der Waals surface area contributed by atoms with Crippen molar-refractivity contribution in [3.05, 3.63) is 143 Å². The summed E-state index contributed by atoms with van der Waals surface area (Å²) in [4.78, 5) is 19.1. The number of hydrogen-bond acceptors (Lipinski definition) is 5. The standard InChI is InChI=1S/C36H32F4N2O4/c37-30-22-26(21-29(23-30)36(38,39)40)24-41-34(44)35(18-7-11-25-9-3-1-4-10-25)32(27-12-5-2-6-13-27)46-33(42-35)28-14-16-31(17-15-28)45-20-8-19-43/h1-7,9-17,21-23,32,43H,8,18-20,24H2,(H,41,44)/b11-7+/t32-,35-/m1/s1. The van der Waals surface area contributed by atoms with Gasteiger partial charge in [-0.05, 0) is 59.2 Å². The minimum absolute atomic E-state index is 0.00910. The Morgan fingerprint density at radius 1 is 0.978 bits per heavy atom. The highest BCUT2D eigenvalue weighted by molar-refractivity contribution is 6.01. The van der Waals surface area contributed by atoms with E-state index in [0.717, 1.165) is 17.7 Å². The van der Waals surface area contributed by atoms with E-state index in [-0.39, 0.29) is 31.0 Å². The van der Waals surface area contributed by atoms with Crippen LogP contribution < -0.4 is 10.1 Å². The number of aliphatic hydroxyl groups excluding tert-OH is 1. The number of ether oxygens (including phenoxy) is 2. The number of aliphatic hydroxyl groups is 1. The Morgan fingerprint density at radius 2 is 1.67 bits per heavy atom. The fourth-order valence-corrected chi connectivity index (χ4v) is 5.13. The largest absolute Gasteiger partial charge is 0.494 e. The van der Waals surface area contributed by atoms with Crippen molar-refractivity contribution < 1.29 is 36.9 Å². The first-order valence-corrected chi connectivity index (χ1v) is 14.7. The highest BCUT2D eigenvalue weighted by atomic mass is 19.4. The van der Waals surface area contributed by atoms with Crippen LogP contribution >= 0.6 is 0 Å². The summed E-state index contributed by atoms with van der Waals surface area (Å²) in [5.74, 6) is -0.881. The van der Waals surface area contributed by atoms with Gasteiger partial charge in [0, 0.05) is 31.6 Å². The number of hydrogen-bond donors (Lipinski definition) is 2. The summed E-state index contributed by atoms with van der Waals surface area (Å²) in [5.41, 5.74) is -0.623. The number of rotatable bonds is 12. The van der Waals surface area contributed by atoms with E-state index >= 15 is 0 Å². The first-order valence-electron chi connectivity index (χ1n) is 14.7. The number of halogens is 4. The fraction of sp³-hybridized carbons (Fsp3) is 0.222. The highest BCUT2D eigenvalue weighted by Gasteiger charge is 2.52. The van der Waals surface area contributed by atoms with Gasteiger partial charge < -0.3 is 19.9 Å². The van der Waals surface area contributed by atoms with Gasteiger partial charge in [0.1, 0.15) is 11.6 Å². The van der Waals surface area contributed by atoms with Gasteiger partial charge in [0.25, 0.3) is 5.91 Å². The van der Waals surface area contributed by atoms with Crippen LogP contribution in [0.1, 0.15) is 46.8 Å². The molecule has 1 aliphatic rings. The maximum Gasteiger partial charge on any atom is 0.416 e. The van der Waals surface area contributed by atoms with Crippen LogP contribution in [0.5, 0.6) is 5.75 Å². The first kappa shape index (κ1) is 32.4. The SMILES string of the molecule is O=C(NCc1cc(F)cc(C(F)(F)F)c1)[C@]1(C/C=C/c2ccccc2)N=C(c2ccc(OCCCO)cc2)O[C@@H]1c1ccccc1. The van der Waals surface area contributed by atoms with Crippen LogP contribution in [0.25, 0.3) is 6.08 Å². The molecule has 6 nitrogen and oxygen atoms in total. The maximum absolute atomic E-state index is 14.2. The van der Waals surface area contributed by atoms with E-state index in [9.17, 15) is 22.4 Å². The molecule has 4 aromatic carbocycles. The predicted molar refractivity (Wildman–Crippen MR) is 167 cm³/mol. The summed E-state index contributed by atoms with van der Waals surface area (Å²) in [7, 11) is 0. The van der Waals surface area contributed by atoms with Crippen molar-refractivity contribution in [1.82, 2.24) is 5.32 Å². The van der Waals surface area contributed by atoms with Crippen molar-refractivity contribution in [2.45, 2.75) is 37.2 Å². The molecule has 238 valence electrons. The van der Waals surface area contributed by atoms with Gasteiger partial charge in [-0.25, -0.2) is 9.38 Å². The van der Waals surface area contributed by atoms with Gasteiger partial charge in [-0.2, -0.15) is 13.2 Å². The molecule has 0 spiro atoms. The van der Waals surface area contributed by atoms with Crippen molar-refractivity contribution >= 4 is 17.9 Å². The zero-order chi connectivity index (χ0) is 32.6. The fourth-order valence-electron chi connectivity index (χ4n) is 5.13. The Labute approximate surface area is 264 Å². The third kappa shape index (κ3) is 7.81. The lowest BCUT2D eigenvalue weighted by atomic mass is 9.84. The van der Waals surface area contributed by atoms with Gasteiger partial charge in [0.2, 0.25) is 5.90 Å². The molecule has 0 saturated carbocycles. The molecule has 1 amide bonds. The van der Waals surface area contributed by atoms with Crippen LogP contribution in [-0.2, 0) is 22.3 Å². The van der Waals surface area contributed by atoms with Gasteiger partial charge in [-0.1, -0.05) is 72.8 Å². The summed E-state index contributed by atoms with van der Waals surface area (Å²) >= 11 is 0. The molecule has 1 heterocycles. The molecule has 10 heteroatoms. The number of amides is 1. The van der Waals surface area contributed by atoms with E-state index in [1.807, 2.05) is 72.8 Å². The van der Waals surface area contributed by atoms with Crippen molar-refractivity contribution in [3.8, 4) is 5.75 Å². The Hall–Kier alpha value is -4.96. The molecular weight excluding hydrogens is 600 g/mol. The molecule has 0 fully saturated rings. The summed E-state index contributed by atoms with van der Waals surface area (Å²) in [6.45, 7) is -0.0125. The molecule has 0 saturated heterocycles. The van der Waals surface area contributed by atoms with E-state index in [4.69, 9.17) is 19.6 Å². The van der Waals surface area contributed by atoms with Crippen molar-refractivity contribution in [2.24, 2.45) is 4.99 Å². The van der Waals surface area contributed by atoms with Crippen LogP contribution in [0.4, 0.5) is 17.6 Å². The van der Waals surface area contributed by atoms with E-state index in [2.05, 4.69) is 5.32 Å². The number of carbonyl (C=O) groups is 1. The molecular formula is C36H32F4N2O4. The molecule has 46 heavy (non-hydrogen) atoms. The van der Waals surface area contributed by atoms with E-state index < -0.39 is 35.1 Å². The van der Waals surface area contributed by atoms with Gasteiger partial charge in [-0.15, -0.1) is 0 Å². The predicted octanol–water partition coefficient (Wildman–Crippen LogP) is 7.28. The number of aliphatic imine (C=N–C) groups is 1. The Morgan fingerprint density at radius 3 is 2.35 bits per heavy atom. The lowest BCUT2D eigenvalue weighted by Gasteiger charge is -2.30. The molecule has 1 aliphatic heterocycles. The second-order valence-electron chi connectivity index (χ2n) is 10.7. The monoisotopic (exact) mass is 632 g/mol. The minimum atomic E-state index is -4.75. The summed E-state index contributed by atoms with van der Waals surface area (Å²) in [6.07, 6.45) is -1.43. The van der Waals surface area contributed by atoms with Gasteiger partial charge >= 0.3 is 6.18 Å². The zero-order valence-electron chi connectivity index (χ0n) is 24.7. The number of carbonyl (C=O) groups excluding carboxylic acids is 1. The van der Waals surface area contributed by atoms with Crippen molar-refractivity contribution in [3.63, 3.8) is 0 Å². The molecule has 2 N–H and O–H groups in total. The van der Waals surface area contributed by atoms with Crippen LogP contribution in [-0.4, -0.2) is 35.7 Å². The van der Waals surface area contributed by atoms with E-state index in [1.165, 1.54) is 0 Å². The normalized spacial score (nSPS) is 17.8. The van der Waals surface area contributed by atoms with Crippen molar-refractivity contribution in [1.29, 1.82) is 0 Å². The minimum Gasteiger partial charge on any atom is -0.494 e. The summed E-state index contributed by atoms with van der Waals surface area (Å²) < 4.78 is 66.3. The molecule has 2 atom stereocenters. The second kappa shape index (κ2) is 14.4. The number of benzene rings is 4. The first-order chi connectivity index (χ1) is 22.2. The third-order valence-corrected chi connectivity index (χ3v) is 7.41. The third-order valence-electron chi connectivity index (χ3n) is 7.41. The Bertz CT molecular complexity index is 1680. The number of nitrogens with one attached hydrogen (secondary N) is 1. The summed E-state index contributed by atoms with van der Waals surface area (Å²) in [6, 6.07) is 27.7. The van der Waals surface area contributed by atoms with Crippen LogP contribution in [0.3, 0.4) is 0 Å². The van der Waals surface area contributed by atoms with Gasteiger partial charge in [0.05, 0.1) is 12.2 Å². The number of nitrogens with zero attached hydrogens (tertiary/aromatic N) is 1. The molecule has 0 aliphatic carbocycles. The Balaban J connectivity index is 1.51. The lowest BCUT2D eigenvalue weighted by molar-refractivity contribution is -0.137. The average molecular weight is 633 g/mol.